The molecule has 1 saturated heterocycles. The molecule has 1 amide bonds. The van der Waals surface area contributed by atoms with Gasteiger partial charge in [0.1, 0.15) is 0 Å². The van der Waals surface area contributed by atoms with E-state index in [4.69, 9.17) is 5.11 Å². The summed E-state index contributed by atoms with van der Waals surface area (Å²) in [5.74, 6) is -2.29. The number of β-amino-alcohol motifs (C(OH)–C–C–N with tert-alkyl or cyclic N) is 2. The minimum absolute atomic E-state index is 0.100. The summed E-state index contributed by atoms with van der Waals surface area (Å²) in [5.41, 5.74) is 0. The largest absolute Gasteiger partial charge is 0.481 e. The number of amides is 1. The number of carbonyl (C=O) groups is 2. The van der Waals surface area contributed by atoms with E-state index in [1.807, 2.05) is 0 Å². The first-order valence-corrected chi connectivity index (χ1v) is 6.38. The molecule has 0 spiro atoms. The quantitative estimate of drug-likeness (QED) is 0.616. The highest BCUT2D eigenvalue weighted by Crippen LogP contribution is 2.32. The first-order valence-electron chi connectivity index (χ1n) is 6.38. The van der Waals surface area contributed by atoms with Gasteiger partial charge in [-0.2, -0.15) is 0 Å². The van der Waals surface area contributed by atoms with Gasteiger partial charge in [-0.3, -0.25) is 9.59 Å². The number of likely N-dealkylation sites (tertiary alicyclic amines) is 1. The van der Waals surface area contributed by atoms with Crippen LogP contribution in [0.5, 0.6) is 0 Å². The molecule has 18 heavy (non-hydrogen) atoms. The third-order valence-corrected chi connectivity index (χ3v) is 3.97. The van der Waals surface area contributed by atoms with Crippen LogP contribution in [0, 0.1) is 11.8 Å². The molecule has 6 nitrogen and oxygen atoms in total. The van der Waals surface area contributed by atoms with Crippen LogP contribution in [0.3, 0.4) is 0 Å². The highest BCUT2D eigenvalue weighted by atomic mass is 16.4. The number of carbonyl (C=O) groups excluding carboxylic acids is 1. The maximum Gasteiger partial charge on any atom is 0.307 e. The molecule has 4 atom stereocenters. The van der Waals surface area contributed by atoms with Gasteiger partial charge in [-0.1, -0.05) is 12.8 Å². The van der Waals surface area contributed by atoms with E-state index in [-0.39, 0.29) is 19.0 Å². The number of aliphatic hydroxyl groups is 2. The van der Waals surface area contributed by atoms with Crippen molar-refractivity contribution < 1.29 is 24.9 Å². The molecule has 0 aromatic carbocycles. The van der Waals surface area contributed by atoms with Crippen LogP contribution in [-0.4, -0.2) is 57.4 Å². The number of carboxylic acid groups (broad SMARTS) is 1. The molecular weight excluding hydrogens is 238 g/mol. The molecule has 0 aromatic rings. The lowest BCUT2D eigenvalue weighted by molar-refractivity contribution is -0.152. The number of rotatable bonds is 2. The number of hydrogen-bond donors (Lipinski definition) is 3. The lowest BCUT2D eigenvalue weighted by Crippen LogP contribution is -2.42. The lowest BCUT2D eigenvalue weighted by atomic mass is 9.78. The zero-order valence-electron chi connectivity index (χ0n) is 10.2. The number of aliphatic hydroxyl groups excluding tert-OH is 2. The van der Waals surface area contributed by atoms with Crippen LogP contribution in [0.1, 0.15) is 25.7 Å². The van der Waals surface area contributed by atoms with Crippen molar-refractivity contribution in [2.45, 2.75) is 37.9 Å². The monoisotopic (exact) mass is 257 g/mol. The second-order valence-electron chi connectivity index (χ2n) is 5.21. The minimum Gasteiger partial charge on any atom is -0.481 e. The molecule has 0 radical (unpaired) electrons. The third-order valence-electron chi connectivity index (χ3n) is 3.97. The van der Waals surface area contributed by atoms with Crippen molar-refractivity contribution in [3.05, 3.63) is 0 Å². The van der Waals surface area contributed by atoms with Crippen molar-refractivity contribution in [3.8, 4) is 0 Å². The summed E-state index contributed by atoms with van der Waals surface area (Å²) < 4.78 is 0. The van der Waals surface area contributed by atoms with E-state index in [1.54, 1.807) is 0 Å². The summed E-state index contributed by atoms with van der Waals surface area (Å²) in [6, 6.07) is 0. The Morgan fingerprint density at radius 1 is 0.944 bits per heavy atom. The van der Waals surface area contributed by atoms with Gasteiger partial charge in [0, 0.05) is 13.1 Å². The molecule has 2 fully saturated rings. The van der Waals surface area contributed by atoms with Crippen LogP contribution in [0.4, 0.5) is 0 Å². The third kappa shape index (κ3) is 2.49. The Bertz CT molecular complexity index is 335. The van der Waals surface area contributed by atoms with E-state index in [9.17, 15) is 19.8 Å². The smallest absolute Gasteiger partial charge is 0.307 e. The SMILES string of the molecule is O=C(O)C1CCCCC1C(=O)N1C[C@@H](O)[C@@H](O)C1. The van der Waals surface area contributed by atoms with Crippen molar-refractivity contribution in [1.29, 1.82) is 0 Å². The average Bonchev–Trinajstić information content (AvgIpc) is 2.68. The highest BCUT2D eigenvalue weighted by Gasteiger charge is 2.41. The van der Waals surface area contributed by atoms with Gasteiger partial charge in [-0.05, 0) is 12.8 Å². The van der Waals surface area contributed by atoms with Gasteiger partial charge in [-0.25, -0.2) is 0 Å². The first-order chi connectivity index (χ1) is 8.50. The van der Waals surface area contributed by atoms with Crippen molar-refractivity contribution in [2.75, 3.05) is 13.1 Å². The summed E-state index contributed by atoms with van der Waals surface area (Å²) >= 11 is 0. The van der Waals surface area contributed by atoms with Crippen LogP contribution in [0.25, 0.3) is 0 Å². The zero-order chi connectivity index (χ0) is 13.3. The van der Waals surface area contributed by atoms with Gasteiger partial charge in [0.2, 0.25) is 5.91 Å². The number of carboxylic acids is 1. The molecule has 1 saturated carbocycles. The van der Waals surface area contributed by atoms with Crippen molar-refractivity contribution >= 4 is 11.9 Å². The van der Waals surface area contributed by atoms with Gasteiger partial charge < -0.3 is 20.2 Å². The number of nitrogens with zero attached hydrogens (tertiary/aromatic N) is 1. The fraction of sp³-hybridized carbons (Fsp3) is 0.833. The van der Waals surface area contributed by atoms with Crippen molar-refractivity contribution in [2.24, 2.45) is 11.8 Å². The Balaban J connectivity index is 2.05. The summed E-state index contributed by atoms with van der Waals surface area (Å²) in [5, 5.41) is 28.0. The van der Waals surface area contributed by atoms with Gasteiger partial charge in [-0.15, -0.1) is 0 Å². The maximum absolute atomic E-state index is 12.2. The standard InChI is InChI=1S/C12H19NO5/c14-9-5-13(6-10(9)15)11(16)7-3-1-2-4-8(7)12(17)18/h7-10,14-15H,1-6H2,(H,17,18)/t7?,8?,9-,10+. The van der Waals surface area contributed by atoms with E-state index in [0.717, 1.165) is 12.8 Å². The Labute approximate surface area is 105 Å². The molecule has 102 valence electrons. The van der Waals surface area contributed by atoms with Gasteiger partial charge in [0.15, 0.2) is 0 Å². The molecule has 1 aliphatic heterocycles. The van der Waals surface area contributed by atoms with E-state index in [2.05, 4.69) is 0 Å². The molecule has 1 heterocycles. The van der Waals surface area contributed by atoms with E-state index in [0.29, 0.717) is 12.8 Å². The first kappa shape index (κ1) is 13.3. The van der Waals surface area contributed by atoms with E-state index in [1.165, 1.54) is 4.90 Å². The molecule has 1 aliphatic carbocycles. The fourth-order valence-electron chi connectivity index (χ4n) is 2.91. The second kappa shape index (κ2) is 5.24. The molecular formula is C12H19NO5. The van der Waals surface area contributed by atoms with Gasteiger partial charge in [0.25, 0.3) is 0 Å². The predicted octanol–water partition coefficient (Wildman–Crippen LogP) is -0.559. The van der Waals surface area contributed by atoms with E-state index < -0.39 is 30.0 Å². The number of aliphatic carboxylic acids is 1. The van der Waals surface area contributed by atoms with Crippen molar-refractivity contribution in [1.82, 2.24) is 4.90 Å². The van der Waals surface area contributed by atoms with Crippen LogP contribution >= 0.6 is 0 Å². The Morgan fingerprint density at radius 3 is 1.94 bits per heavy atom. The second-order valence-corrected chi connectivity index (χ2v) is 5.21. The average molecular weight is 257 g/mol. The topological polar surface area (TPSA) is 98.1 Å². The van der Waals surface area contributed by atoms with Crippen LogP contribution < -0.4 is 0 Å². The Kier molecular flexibility index (Phi) is 3.87. The summed E-state index contributed by atoms with van der Waals surface area (Å²) in [6.07, 6.45) is 0.982. The van der Waals surface area contributed by atoms with Crippen LogP contribution in [-0.2, 0) is 9.59 Å². The molecule has 0 bridgehead atoms. The summed E-state index contributed by atoms with van der Waals surface area (Å²) in [6.45, 7) is 0.200. The summed E-state index contributed by atoms with van der Waals surface area (Å²) in [4.78, 5) is 24.8. The highest BCUT2D eigenvalue weighted by molar-refractivity contribution is 5.85. The molecule has 6 heteroatoms. The predicted molar refractivity (Wildman–Crippen MR) is 61.7 cm³/mol. The molecule has 2 rings (SSSR count). The van der Waals surface area contributed by atoms with Gasteiger partial charge >= 0.3 is 5.97 Å². The molecule has 0 aromatic heterocycles. The van der Waals surface area contributed by atoms with Crippen molar-refractivity contribution in [3.63, 3.8) is 0 Å². The van der Waals surface area contributed by atoms with Crippen LogP contribution in [0.15, 0.2) is 0 Å². The Hall–Kier alpha value is -1.14. The lowest BCUT2D eigenvalue weighted by Gasteiger charge is -2.30. The van der Waals surface area contributed by atoms with Gasteiger partial charge in [0.05, 0.1) is 24.0 Å². The fourth-order valence-corrected chi connectivity index (χ4v) is 2.91. The number of hydrogen-bond acceptors (Lipinski definition) is 4. The van der Waals surface area contributed by atoms with Crippen LogP contribution in [0.2, 0.25) is 0 Å². The summed E-state index contributed by atoms with van der Waals surface area (Å²) in [7, 11) is 0. The molecule has 2 aliphatic rings. The maximum atomic E-state index is 12.2. The van der Waals surface area contributed by atoms with E-state index >= 15 is 0 Å². The zero-order valence-corrected chi connectivity index (χ0v) is 10.2. The molecule has 3 N–H and O–H groups in total. The minimum atomic E-state index is -0.923. The molecule has 2 unspecified atom stereocenters. The Morgan fingerprint density at radius 2 is 1.44 bits per heavy atom. The normalized spacial score (nSPS) is 36.7.